The maximum atomic E-state index is 11.5. The number of non-ortho nitro benzene ring substituents is 1. The molecule has 2 rings (SSSR count). The Morgan fingerprint density at radius 1 is 1.55 bits per heavy atom. The summed E-state index contributed by atoms with van der Waals surface area (Å²) in [6, 6.07) is 3.48. The average molecular weight is 295 g/mol. The molecule has 0 spiro atoms. The van der Waals surface area contributed by atoms with Gasteiger partial charge in [0.05, 0.1) is 17.7 Å². The lowest BCUT2D eigenvalue weighted by Crippen LogP contribution is -2.56. The highest BCUT2D eigenvalue weighted by molar-refractivity contribution is 7.80. The van der Waals surface area contributed by atoms with E-state index in [2.05, 4.69) is 16.0 Å². The molecule has 20 heavy (non-hydrogen) atoms. The molecule has 0 bridgehead atoms. The summed E-state index contributed by atoms with van der Waals surface area (Å²) in [5.74, 6) is -0.587. The van der Waals surface area contributed by atoms with Gasteiger partial charge in [0.25, 0.3) is 11.6 Å². The third-order valence-corrected chi connectivity index (χ3v) is 2.67. The smallest absolute Gasteiger partial charge is 0.270 e. The van der Waals surface area contributed by atoms with E-state index in [9.17, 15) is 20.0 Å². The molecule has 1 saturated heterocycles. The molecular weight excluding hydrogens is 286 g/mol. The van der Waals surface area contributed by atoms with Crippen molar-refractivity contribution in [1.82, 2.24) is 15.9 Å². The predicted octanol–water partition coefficient (Wildman–Crippen LogP) is -0.144. The molecule has 0 saturated carbocycles. The number of benzene rings is 1. The number of carbonyl (C=O) groups is 1. The number of thiocarbonyl (C=S) groups is 1. The molecule has 0 aromatic heterocycles. The van der Waals surface area contributed by atoms with Crippen molar-refractivity contribution in [2.75, 3.05) is 6.54 Å². The number of hydrazine groups is 1. The zero-order valence-corrected chi connectivity index (χ0v) is 10.8. The number of hydrogen-bond donors (Lipinski definition) is 3. The third-order valence-electron chi connectivity index (χ3n) is 2.40. The summed E-state index contributed by atoms with van der Waals surface area (Å²) in [7, 11) is 0. The molecule has 1 fully saturated rings. The zero-order valence-electron chi connectivity index (χ0n) is 9.94. The van der Waals surface area contributed by atoms with Gasteiger partial charge in [0, 0.05) is 17.7 Å². The first-order chi connectivity index (χ1) is 9.49. The number of hydrazone groups is 1. The van der Waals surface area contributed by atoms with Gasteiger partial charge >= 0.3 is 0 Å². The number of nitrogens with one attached hydrogen (secondary N) is 2. The number of aromatic hydroxyl groups is 1. The second-order valence-electron chi connectivity index (χ2n) is 3.73. The van der Waals surface area contributed by atoms with Crippen LogP contribution in [0.4, 0.5) is 5.69 Å². The van der Waals surface area contributed by atoms with Gasteiger partial charge in [-0.25, -0.2) is 5.43 Å². The van der Waals surface area contributed by atoms with Crippen LogP contribution in [0.15, 0.2) is 23.3 Å². The number of hydrogen-bond acceptors (Lipinski definition) is 7. The van der Waals surface area contributed by atoms with Crippen molar-refractivity contribution in [3.63, 3.8) is 0 Å². The number of phenolic OH excluding ortho intramolecular Hbond substituents is 1. The normalized spacial score (nSPS) is 15.5. The largest absolute Gasteiger partial charge is 0.507 e. The minimum atomic E-state index is -0.598. The Balaban J connectivity index is 2.26. The number of rotatable bonds is 3. The highest BCUT2D eigenvalue weighted by Crippen LogP contribution is 2.21. The maximum absolute atomic E-state index is 11.5. The fourth-order valence-electron chi connectivity index (χ4n) is 1.43. The standard InChI is InChI=1S/C10H9N5O4S/c16-8-2-1-7(15(18)19)3-6(8)4-12-14-9(17)5-11-13-10(14)20/h1-4,11,16H,5H2,(H,13,20)/b12-4+. The number of nitrogens with zero attached hydrogens (tertiary/aromatic N) is 3. The van der Waals surface area contributed by atoms with Crippen LogP contribution in [0.25, 0.3) is 0 Å². The molecule has 1 aliphatic heterocycles. The highest BCUT2D eigenvalue weighted by atomic mass is 32.1. The lowest BCUT2D eigenvalue weighted by atomic mass is 10.2. The summed E-state index contributed by atoms with van der Waals surface area (Å²) >= 11 is 4.87. The van der Waals surface area contributed by atoms with Gasteiger partial charge in [0.2, 0.25) is 5.11 Å². The van der Waals surface area contributed by atoms with Crippen molar-refractivity contribution < 1.29 is 14.8 Å². The zero-order chi connectivity index (χ0) is 14.7. The number of phenols is 1. The Bertz CT molecular complexity index is 602. The number of nitro benzene ring substituents is 1. The Morgan fingerprint density at radius 3 is 2.95 bits per heavy atom. The van der Waals surface area contributed by atoms with Crippen LogP contribution >= 0.6 is 12.2 Å². The van der Waals surface area contributed by atoms with E-state index in [-0.39, 0.29) is 28.7 Å². The van der Waals surface area contributed by atoms with Gasteiger partial charge in [-0.3, -0.25) is 20.3 Å². The molecule has 0 aliphatic carbocycles. The van der Waals surface area contributed by atoms with Crippen LogP contribution in [0.2, 0.25) is 0 Å². The third kappa shape index (κ3) is 2.87. The maximum Gasteiger partial charge on any atom is 0.270 e. The van der Waals surface area contributed by atoms with Crippen molar-refractivity contribution in [2.45, 2.75) is 0 Å². The van der Waals surface area contributed by atoms with Crippen LogP contribution in [-0.2, 0) is 4.79 Å². The summed E-state index contributed by atoms with van der Waals surface area (Å²) in [5.41, 5.74) is 5.01. The molecular formula is C10H9N5O4S. The number of nitro groups is 1. The molecule has 1 aromatic carbocycles. The molecule has 9 nitrogen and oxygen atoms in total. The summed E-state index contributed by atoms with van der Waals surface area (Å²) in [6.45, 7) is -0.00159. The van der Waals surface area contributed by atoms with Crippen LogP contribution < -0.4 is 10.9 Å². The number of carbonyl (C=O) groups excluding carboxylic acids is 1. The first-order valence-electron chi connectivity index (χ1n) is 5.36. The summed E-state index contributed by atoms with van der Waals surface area (Å²) in [4.78, 5) is 21.6. The highest BCUT2D eigenvalue weighted by Gasteiger charge is 2.21. The van der Waals surface area contributed by atoms with Gasteiger partial charge in [-0.05, 0) is 18.3 Å². The molecule has 1 aromatic rings. The fraction of sp³-hybridized carbons (Fsp3) is 0.100. The molecule has 0 unspecified atom stereocenters. The molecule has 1 amide bonds. The van der Waals surface area contributed by atoms with Gasteiger partial charge < -0.3 is 5.11 Å². The molecule has 10 heteroatoms. The van der Waals surface area contributed by atoms with E-state index in [0.717, 1.165) is 23.4 Å². The second-order valence-corrected chi connectivity index (χ2v) is 4.12. The first-order valence-corrected chi connectivity index (χ1v) is 5.77. The van der Waals surface area contributed by atoms with E-state index < -0.39 is 10.8 Å². The molecule has 3 N–H and O–H groups in total. The van der Waals surface area contributed by atoms with E-state index in [4.69, 9.17) is 12.2 Å². The van der Waals surface area contributed by atoms with E-state index in [1.807, 2.05) is 0 Å². The lowest BCUT2D eigenvalue weighted by molar-refractivity contribution is -0.384. The van der Waals surface area contributed by atoms with Crippen molar-refractivity contribution >= 4 is 35.1 Å². The lowest BCUT2D eigenvalue weighted by Gasteiger charge is -2.24. The molecule has 1 heterocycles. The van der Waals surface area contributed by atoms with E-state index in [0.29, 0.717) is 0 Å². The van der Waals surface area contributed by atoms with E-state index in [1.54, 1.807) is 0 Å². The van der Waals surface area contributed by atoms with Gasteiger partial charge in [0.15, 0.2) is 0 Å². The van der Waals surface area contributed by atoms with Gasteiger partial charge in [-0.1, -0.05) is 0 Å². The summed E-state index contributed by atoms with van der Waals surface area (Å²) < 4.78 is 0. The van der Waals surface area contributed by atoms with Crippen molar-refractivity contribution in [1.29, 1.82) is 0 Å². The molecule has 0 radical (unpaired) electrons. The van der Waals surface area contributed by atoms with Crippen LogP contribution in [0.1, 0.15) is 5.56 Å². The summed E-state index contributed by atoms with van der Waals surface area (Å²) in [5, 5.41) is 25.0. The Morgan fingerprint density at radius 2 is 2.30 bits per heavy atom. The van der Waals surface area contributed by atoms with Crippen molar-refractivity contribution in [2.24, 2.45) is 5.10 Å². The van der Waals surface area contributed by atoms with Gasteiger partial charge in [-0.15, -0.1) is 0 Å². The Hall–Kier alpha value is -2.59. The van der Waals surface area contributed by atoms with E-state index in [1.165, 1.54) is 6.07 Å². The van der Waals surface area contributed by atoms with Crippen LogP contribution in [0, 0.1) is 10.1 Å². The minimum Gasteiger partial charge on any atom is -0.507 e. The summed E-state index contributed by atoms with van der Waals surface area (Å²) in [6.07, 6.45) is 1.12. The number of amides is 1. The molecule has 1 aliphatic rings. The molecule has 0 atom stereocenters. The average Bonchev–Trinajstić information content (AvgIpc) is 2.39. The van der Waals surface area contributed by atoms with Crippen LogP contribution in [0.3, 0.4) is 0 Å². The SMILES string of the molecule is O=C1CNNC(=S)N1/N=C/c1cc([N+](=O)[O-])ccc1O. The van der Waals surface area contributed by atoms with Gasteiger partial charge in [0.1, 0.15) is 5.75 Å². The predicted molar refractivity (Wildman–Crippen MR) is 72.9 cm³/mol. The van der Waals surface area contributed by atoms with Crippen molar-refractivity contribution in [3.05, 3.63) is 33.9 Å². The fourth-order valence-corrected chi connectivity index (χ4v) is 1.65. The Kier molecular flexibility index (Phi) is 3.86. The topological polar surface area (TPSA) is 120 Å². The first kappa shape index (κ1) is 13.8. The van der Waals surface area contributed by atoms with Crippen LogP contribution in [-0.4, -0.2) is 38.8 Å². The molecule has 104 valence electrons. The second kappa shape index (κ2) is 5.59. The van der Waals surface area contributed by atoms with Crippen molar-refractivity contribution in [3.8, 4) is 5.75 Å². The van der Waals surface area contributed by atoms with Crippen LogP contribution in [0.5, 0.6) is 5.75 Å². The minimum absolute atomic E-state index is 0.00159. The Labute approximate surface area is 118 Å². The van der Waals surface area contributed by atoms with Gasteiger partial charge in [-0.2, -0.15) is 10.1 Å². The monoisotopic (exact) mass is 295 g/mol. The van der Waals surface area contributed by atoms with E-state index >= 15 is 0 Å². The quantitative estimate of drug-likeness (QED) is 0.307.